The molecule has 8 nitrogen and oxygen atoms in total. The van der Waals surface area contributed by atoms with Crippen LogP contribution in [0.2, 0.25) is 0 Å². The van der Waals surface area contributed by atoms with E-state index in [-0.39, 0.29) is 35.9 Å². The molecular formula is C36H48N4O4S. The Balaban J connectivity index is 1.49. The second-order valence-corrected chi connectivity index (χ2v) is 14.1. The zero-order chi connectivity index (χ0) is 32.4. The molecule has 0 radical (unpaired) electrons. The summed E-state index contributed by atoms with van der Waals surface area (Å²) in [7, 11) is -3.68. The van der Waals surface area contributed by atoms with Gasteiger partial charge in [0.1, 0.15) is 0 Å². The molecule has 3 aromatic rings. The van der Waals surface area contributed by atoms with E-state index in [4.69, 9.17) is 0 Å². The summed E-state index contributed by atoms with van der Waals surface area (Å²) < 4.78 is 27.1. The number of amides is 2. The summed E-state index contributed by atoms with van der Waals surface area (Å²) in [5.41, 5.74) is 3.46. The average molecular weight is 633 g/mol. The molecule has 0 aliphatic heterocycles. The summed E-state index contributed by atoms with van der Waals surface area (Å²) in [6.07, 6.45) is 8.24. The third kappa shape index (κ3) is 9.90. The Hall–Kier alpha value is -3.69. The second-order valence-electron chi connectivity index (χ2n) is 12.3. The van der Waals surface area contributed by atoms with Gasteiger partial charge in [-0.2, -0.15) is 0 Å². The van der Waals surface area contributed by atoms with Gasteiger partial charge in [0.15, 0.2) is 0 Å². The van der Waals surface area contributed by atoms with Gasteiger partial charge in [-0.15, -0.1) is 0 Å². The molecule has 4 rings (SSSR count). The lowest BCUT2D eigenvalue weighted by Gasteiger charge is -2.28. The fourth-order valence-electron chi connectivity index (χ4n) is 5.86. The van der Waals surface area contributed by atoms with Crippen molar-refractivity contribution < 1.29 is 18.0 Å². The van der Waals surface area contributed by atoms with Crippen LogP contribution < -0.4 is 20.3 Å². The molecule has 3 atom stereocenters. The lowest BCUT2D eigenvalue weighted by molar-refractivity contribution is -0.123. The molecule has 45 heavy (non-hydrogen) atoms. The third-order valence-electron chi connectivity index (χ3n) is 8.65. The summed E-state index contributed by atoms with van der Waals surface area (Å²) in [4.78, 5) is 26.5. The maximum Gasteiger partial charge on any atom is 0.251 e. The summed E-state index contributed by atoms with van der Waals surface area (Å²) in [5, 5.41) is 9.78. The number of carbonyl (C=O) groups excluding carboxylic acids is 2. The van der Waals surface area contributed by atoms with Crippen molar-refractivity contribution in [3.63, 3.8) is 0 Å². The molecule has 3 N–H and O–H groups in total. The highest BCUT2D eigenvalue weighted by atomic mass is 32.2. The summed E-state index contributed by atoms with van der Waals surface area (Å²) >= 11 is 0. The predicted molar refractivity (Wildman–Crippen MR) is 182 cm³/mol. The van der Waals surface area contributed by atoms with Crippen LogP contribution in [-0.2, 0) is 27.7 Å². The zero-order valence-electron chi connectivity index (χ0n) is 27.0. The van der Waals surface area contributed by atoms with Crippen molar-refractivity contribution in [2.75, 3.05) is 17.1 Å². The topological polar surface area (TPSA) is 108 Å². The van der Waals surface area contributed by atoms with Crippen LogP contribution >= 0.6 is 0 Å². The number of sulfonamides is 1. The van der Waals surface area contributed by atoms with Crippen molar-refractivity contribution in [3.8, 4) is 0 Å². The Bertz CT molecular complexity index is 1510. The van der Waals surface area contributed by atoms with Crippen molar-refractivity contribution >= 4 is 33.2 Å². The normalized spacial score (nSPS) is 15.9. The number of hydrogen-bond acceptors (Lipinski definition) is 5. The Morgan fingerprint density at radius 2 is 1.56 bits per heavy atom. The van der Waals surface area contributed by atoms with Gasteiger partial charge in [0.05, 0.1) is 23.7 Å². The molecule has 2 amide bonds. The summed E-state index contributed by atoms with van der Waals surface area (Å²) in [6, 6.07) is 23.7. The Morgan fingerprint density at radius 1 is 0.867 bits per heavy atom. The number of hydrogen-bond donors (Lipinski definition) is 3. The van der Waals surface area contributed by atoms with Gasteiger partial charge in [0.2, 0.25) is 15.9 Å². The van der Waals surface area contributed by atoms with Gasteiger partial charge in [-0.25, -0.2) is 12.7 Å². The van der Waals surface area contributed by atoms with Crippen LogP contribution in [0.5, 0.6) is 0 Å². The number of aryl methyl sites for hydroxylation is 1. The lowest BCUT2D eigenvalue weighted by Crippen LogP contribution is -2.50. The number of anilines is 2. The van der Waals surface area contributed by atoms with Gasteiger partial charge in [-0.05, 0) is 80.0 Å². The first-order valence-corrected chi connectivity index (χ1v) is 18.0. The molecule has 0 heterocycles. The molecule has 0 spiro atoms. The van der Waals surface area contributed by atoms with Crippen LogP contribution in [0.1, 0.15) is 74.4 Å². The number of rotatable bonds is 14. The zero-order valence-corrected chi connectivity index (χ0v) is 27.8. The van der Waals surface area contributed by atoms with E-state index in [0.717, 1.165) is 49.5 Å². The lowest BCUT2D eigenvalue weighted by atomic mass is 9.94. The standard InChI is InChI=1S/C36H48N4O4S/c1-5-28-19-21-32(22-20-28)40(45(4,43)44)33-18-12-15-30(24-33)36(42)39-34(23-29-13-8-6-9-14-29)26(2)25-37-27(3)35(41)38-31-16-10-7-11-17-31/h6,8-9,12-15,18-22,24,26-27,31,34,37H,5,7,10-11,16-17,23,25H2,1-4H3,(H,38,41)(H,39,42)/t26-,27+,34?/m1/s1. The van der Waals surface area contributed by atoms with Crippen molar-refractivity contribution in [2.24, 2.45) is 5.92 Å². The first-order valence-electron chi connectivity index (χ1n) is 16.1. The van der Waals surface area contributed by atoms with Gasteiger partial charge < -0.3 is 16.0 Å². The van der Waals surface area contributed by atoms with E-state index < -0.39 is 10.0 Å². The molecule has 0 saturated heterocycles. The highest BCUT2D eigenvalue weighted by Gasteiger charge is 2.25. The summed E-state index contributed by atoms with van der Waals surface area (Å²) in [5.74, 6) is -0.288. The maximum atomic E-state index is 13.7. The molecular weight excluding hydrogens is 584 g/mol. The Morgan fingerprint density at radius 3 is 2.20 bits per heavy atom. The van der Waals surface area contributed by atoms with Crippen LogP contribution in [0.25, 0.3) is 0 Å². The molecule has 3 aromatic carbocycles. The first-order chi connectivity index (χ1) is 21.5. The van der Waals surface area contributed by atoms with Gasteiger partial charge >= 0.3 is 0 Å². The number of nitrogens with one attached hydrogen (secondary N) is 3. The van der Waals surface area contributed by atoms with Crippen LogP contribution in [0, 0.1) is 5.92 Å². The van der Waals surface area contributed by atoms with Crippen LogP contribution in [0.15, 0.2) is 78.9 Å². The van der Waals surface area contributed by atoms with Crippen LogP contribution in [0.3, 0.4) is 0 Å². The van der Waals surface area contributed by atoms with Crippen molar-refractivity contribution in [1.82, 2.24) is 16.0 Å². The molecule has 1 fully saturated rings. The number of carbonyl (C=O) groups is 2. The molecule has 242 valence electrons. The first kappa shape index (κ1) is 34.2. The van der Waals surface area contributed by atoms with E-state index in [1.165, 1.54) is 10.7 Å². The Kier molecular flexibility index (Phi) is 12.2. The molecule has 1 aliphatic carbocycles. The van der Waals surface area contributed by atoms with E-state index in [9.17, 15) is 18.0 Å². The highest BCUT2D eigenvalue weighted by molar-refractivity contribution is 7.92. The van der Waals surface area contributed by atoms with Gasteiger partial charge in [-0.3, -0.25) is 9.59 Å². The van der Waals surface area contributed by atoms with Crippen molar-refractivity contribution in [2.45, 2.75) is 83.8 Å². The minimum absolute atomic E-state index is 0.00753. The van der Waals surface area contributed by atoms with E-state index in [1.807, 2.05) is 56.3 Å². The van der Waals surface area contributed by atoms with Crippen molar-refractivity contribution in [3.05, 3.63) is 95.6 Å². The van der Waals surface area contributed by atoms with Crippen LogP contribution in [-0.4, -0.2) is 51.2 Å². The SMILES string of the molecule is CCc1ccc(N(c2cccc(C(=O)NC(Cc3ccccc3)[C@H](C)CN[C@@H](C)C(=O)NC3CCCCC3)c2)S(C)(=O)=O)cc1. The number of benzene rings is 3. The average Bonchev–Trinajstić information content (AvgIpc) is 3.04. The molecule has 1 saturated carbocycles. The van der Waals surface area contributed by atoms with Crippen molar-refractivity contribution in [1.29, 1.82) is 0 Å². The van der Waals surface area contributed by atoms with E-state index in [0.29, 0.717) is 29.9 Å². The second kappa shape index (κ2) is 16.0. The quantitative estimate of drug-likeness (QED) is 0.210. The molecule has 1 unspecified atom stereocenters. The largest absolute Gasteiger partial charge is 0.352 e. The third-order valence-corrected chi connectivity index (χ3v) is 9.73. The van der Waals surface area contributed by atoms with Gasteiger partial charge in [-0.1, -0.05) is 81.6 Å². The Labute approximate surface area is 269 Å². The number of nitrogens with zero attached hydrogens (tertiary/aromatic N) is 1. The van der Waals surface area contributed by atoms with E-state index >= 15 is 0 Å². The minimum atomic E-state index is -3.68. The maximum absolute atomic E-state index is 13.7. The molecule has 0 bridgehead atoms. The predicted octanol–water partition coefficient (Wildman–Crippen LogP) is 5.75. The fraction of sp³-hybridized carbons (Fsp3) is 0.444. The van der Waals surface area contributed by atoms with Gasteiger partial charge in [0, 0.05) is 24.2 Å². The molecule has 9 heteroatoms. The molecule has 0 aromatic heterocycles. The summed E-state index contributed by atoms with van der Waals surface area (Å²) in [6.45, 7) is 6.52. The fourth-order valence-corrected chi connectivity index (χ4v) is 6.86. The monoisotopic (exact) mass is 632 g/mol. The van der Waals surface area contributed by atoms with Crippen LogP contribution in [0.4, 0.5) is 11.4 Å². The highest BCUT2D eigenvalue weighted by Crippen LogP contribution is 2.29. The van der Waals surface area contributed by atoms with Gasteiger partial charge in [0.25, 0.3) is 5.91 Å². The molecule has 1 aliphatic rings. The van der Waals surface area contributed by atoms with E-state index in [2.05, 4.69) is 22.9 Å². The smallest absolute Gasteiger partial charge is 0.251 e. The minimum Gasteiger partial charge on any atom is -0.352 e. The van der Waals surface area contributed by atoms with E-state index in [1.54, 1.807) is 36.4 Å².